The molecule has 1 aromatic carbocycles. The minimum atomic E-state index is -1.74. The van der Waals surface area contributed by atoms with Crippen LogP contribution in [0.15, 0.2) is 23.1 Å². The number of nitrogens with zero attached hydrogens (tertiary/aromatic N) is 1. The van der Waals surface area contributed by atoms with Crippen LogP contribution in [-0.4, -0.2) is 40.9 Å². The Labute approximate surface area is 117 Å². The molecule has 1 aromatic rings. The molecular formula is C11H11FN2O5S. The van der Waals surface area contributed by atoms with Crippen LogP contribution in [0.2, 0.25) is 0 Å². The van der Waals surface area contributed by atoms with Crippen LogP contribution in [-0.2, 0) is 4.79 Å². The molecule has 0 aliphatic rings. The topological polar surface area (TPSA) is 110 Å². The number of nitro groups is 1. The van der Waals surface area contributed by atoms with Gasteiger partial charge in [0.1, 0.15) is 12.2 Å². The quantitative estimate of drug-likeness (QED) is 0.468. The summed E-state index contributed by atoms with van der Waals surface area (Å²) in [5.74, 6) is -2.55. The maximum atomic E-state index is 12.5. The largest absolute Gasteiger partial charge is 0.480 e. The molecule has 1 unspecified atom stereocenters. The lowest BCUT2D eigenvalue weighted by atomic mass is 10.1. The van der Waals surface area contributed by atoms with Crippen molar-refractivity contribution in [1.82, 2.24) is 5.32 Å². The van der Waals surface area contributed by atoms with E-state index in [2.05, 4.69) is 0 Å². The van der Waals surface area contributed by atoms with E-state index in [1.54, 1.807) is 6.26 Å². The summed E-state index contributed by atoms with van der Waals surface area (Å²) in [5.41, 5.74) is -0.773. The minimum Gasteiger partial charge on any atom is -0.480 e. The summed E-state index contributed by atoms with van der Waals surface area (Å²) in [6.45, 7) is -1.31. The maximum absolute atomic E-state index is 12.5. The molecule has 20 heavy (non-hydrogen) atoms. The second kappa shape index (κ2) is 6.85. The Morgan fingerprint density at radius 1 is 1.55 bits per heavy atom. The molecule has 0 fully saturated rings. The smallest absolute Gasteiger partial charge is 0.328 e. The first-order valence-electron chi connectivity index (χ1n) is 5.32. The van der Waals surface area contributed by atoms with E-state index in [4.69, 9.17) is 5.11 Å². The summed E-state index contributed by atoms with van der Waals surface area (Å²) >= 11 is 1.26. The van der Waals surface area contributed by atoms with Crippen molar-refractivity contribution in [1.29, 1.82) is 0 Å². The second-order valence-corrected chi connectivity index (χ2v) is 4.54. The van der Waals surface area contributed by atoms with Crippen LogP contribution in [0.4, 0.5) is 10.1 Å². The molecule has 0 spiro atoms. The van der Waals surface area contributed by atoms with E-state index in [1.807, 2.05) is 5.32 Å². The average Bonchev–Trinajstić information content (AvgIpc) is 2.43. The van der Waals surface area contributed by atoms with Gasteiger partial charge in [-0.3, -0.25) is 14.9 Å². The number of thioether (sulfide) groups is 1. The van der Waals surface area contributed by atoms with Crippen molar-refractivity contribution in [2.24, 2.45) is 0 Å². The van der Waals surface area contributed by atoms with Crippen LogP contribution in [0.5, 0.6) is 0 Å². The van der Waals surface area contributed by atoms with Crippen LogP contribution < -0.4 is 5.32 Å². The molecule has 0 heterocycles. The van der Waals surface area contributed by atoms with Gasteiger partial charge in [-0.2, -0.15) is 0 Å². The van der Waals surface area contributed by atoms with Crippen LogP contribution >= 0.6 is 11.8 Å². The van der Waals surface area contributed by atoms with Gasteiger partial charge in [0.25, 0.3) is 11.6 Å². The van der Waals surface area contributed by atoms with Crippen LogP contribution in [0.1, 0.15) is 10.4 Å². The number of carbonyl (C=O) groups excluding carboxylic acids is 1. The first-order chi connectivity index (χ1) is 9.40. The van der Waals surface area contributed by atoms with Crippen molar-refractivity contribution in [3.05, 3.63) is 33.9 Å². The highest BCUT2D eigenvalue weighted by molar-refractivity contribution is 7.98. The van der Waals surface area contributed by atoms with Gasteiger partial charge in [0.05, 0.1) is 4.92 Å². The molecular weight excluding hydrogens is 291 g/mol. The predicted octanol–water partition coefficient (Wildman–Crippen LogP) is 1.47. The maximum Gasteiger partial charge on any atom is 0.328 e. The van der Waals surface area contributed by atoms with Crippen LogP contribution in [0.25, 0.3) is 0 Å². The number of halogens is 1. The predicted molar refractivity (Wildman–Crippen MR) is 69.7 cm³/mol. The van der Waals surface area contributed by atoms with E-state index in [0.717, 1.165) is 6.07 Å². The fraction of sp³-hybridized carbons (Fsp3) is 0.273. The summed E-state index contributed by atoms with van der Waals surface area (Å²) in [6.07, 6.45) is 1.71. The molecule has 0 saturated heterocycles. The van der Waals surface area contributed by atoms with Gasteiger partial charge in [-0.25, -0.2) is 9.18 Å². The molecule has 0 bridgehead atoms. The van der Waals surface area contributed by atoms with Crippen molar-refractivity contribution < 1.29 is 24.0 Å². The number of amides is 1. The summed E-state index contributed by atoms with van der Waals surface area (Å²) < 4.78 is 12.5. The number of carbonyl (C=O) groups is 2. The zero-order valence-corrected chi connectivity index (χ0v) is 11.1. The number of rotatable bonds is 6. The van der Waals surface area contributed by atoms with Crippen molar-refractivity contribution in [2.45, 2.75) is 10.9 Å². The third-order valence-corrected chi connectivity index (χ3v) is 3.13. The number of hydrogen-bond acceptors (Lipinski definition) is 5. The molecule has 0 saturated carbocycles. The third-order valence-electron chi connectivity index (χ3n) is 2.40. The lowest BCUT2D eigenvalue weighted by molar-refractivity contribution is -0.385. The van der Waals surface area contributed by atoms with Gasteiger partial charge < -0.3 is 10.4 Å². The third kappa shape index (κ3) is 3.67. The first kappa shape index (κ1) is 15.9. The van der Waals surface area contributed by atoms with Gasteiger partial charge in [0.2, 0.25) is 0 Å². The van der Waals surface area contributed by atoms with E-state index in [9.17, 15) is 24.1 Å². The van der Waals surface area contributed by atoms with Gasteiger partial charge in [-0.05, 0) is 18.4 Å². The average molecular weight is 302 g/mol. The molecule has 0 aliphatic heterocycles. The molecule has 2 N–H and O–H groups in total. The Bertz CT molecular complexity index is 552. The molecule has 7 nitrogen and oxygen atoms in total. The number of nitro benzene ring substituents is 1. The number of nitrogens with one attached hydrogen (secondary N) is 1. The van der Waals surface area contributed by atoms with E-state index in [-0.39, 0.29) is 5.56 Å². The highest BCUT2D eigenvalue weighted by Crippen LogP contribution is 2.24. The molecule has 1 amide bonds. The molecule has 108 valence electrons. The van der Waals surface area contributed by atoms with E-state index in [1.165, 1.54) is 23.9 Å². The summed E-state index contributed by atoms with van der Waals surface area (Å²) in [6, 6.07) is 2.13. The molecule has 0 radical (unpaired) electrons. The van der Waals surface area contributed by atoms with Crippen molar-refractivity contribution in [2.75, 3.05) is 12.9 Å². The fourth-order valence-corrected chi connectivity index (χ4v) is 1.83. The zero-order chi connectivity index (χ0) is 15.3. The van der Waals surface area contributed by atoms with E-state index >= 15 is 0 Å². The number of aliphatic carboxylic acids is 1. The lowest BCUT2D eigenvalue weighted by Gasteiger charge is -2.11. The fourth-order valence-electron chi connectivity index (χ4n) is 1.39. The van der Waals surface area contributed by atoms with Crippen molar-refractivity contribution in [3.63, 3.8) is 0 Å². The van der Waals surface area contributed by atoms with E-state index in [0.29, 0.717) is 4.90 Å². The lowest BCUT2D eigenvalue weighted by Crippen LogP contribution is -2.42. The van der Waals surface area contributed by atoms with Gasteiger partial charge >= 0.3 is 5.97 Å². The molecule has 9 heteroatoms. The van der Waals surface area contributed by atoms with Crippen molar-refractivity contribution in [3.8, 4) is 0 Å². The number of alkyl halides is 1. The Morgan fingerprint density at radius 3 is 2.65 bits per heavy atom. The summed E-state index contributed by atoms with van der Waals surface area (Å²) in [4.78, 5) is 33.2. The Balaban J connectivity index is 3.12. The number of benzene rings is 1. The first-order valence-corrected chi connectivity index (χ1v) is 6.55. The normalized spacial score (nSPS) is 11.7. The van der Waals surface area contributed by atoms with Crippen molar-refractivity contribution >= 4 is 29.3 Å². The molecule has 0 aromatic heterocycles. The SMILES string of the molecule is CSc1ccc([N+](=O)[O-])c(C(=O)NC(CF)C(=O)O)c1. The van der Waals surface area contributed by atoms with Crippen LogP contribution in [0, 0.1) is 10.1 Å². The molecule has 1 rings (SSSR count). The minimum absolute atomic E-state index is 0.304. The number of hydrogen-bond donors (Lipinski definition) is 2. The standard InChI is InChI=1S/C11H11FN2O5S/c1-20-6-2-3-9(14(18)19)7(4-6)10(15)13-8(5-12)11(16)17/h2-4,8H,5H2,1H3,(H,13,15)(H,16,17). The Kier molecular flexibility index (Phi) is 5.44. The van der Waals surface area contributed by atoms with Crippen LogP contribution in [0.3, 0.4) is 0 Å². The monoisotopic (exact) mass is 302 g/mol. The molecule has 1 atom stereocenters. The van der Waals surface area contributed by atoms with Gasteiger partial charge in [0.15, 0.2) is 6.04 Å². The van der Waals surface area contributed by atoms with Gasteiger partial charge in [0, 0.05) is 11.0 Å². The summed E-state index contributed by atoms with van der Waals surface area (Å²) in [7, 11) is 0. The Hall–Kier alpha value is -2.16. The highest BCUT2D eigenvalue weighted by atomic mass is 32.2. The van der Waals surface area contributed by atoms with Gasteiger partial charge in [-0.15, -0.1) is 11.8 Å². The highest BCUT2D eigenvalue weighted by Gasteiger charge is 2.25. The van der Waals surface area contributed by atoms with E-state index < -0.39 is 35.2 Å². The number of carboxylic acids is 1. The second-order valence-electron chi connectivity index (χ2n) is 3.66. The molecule has 0 aliphatic carbocycles. The number of carboxylic acid groups (broad SMARTS) is 1. The van der Waals surface area contributed by atoms with Gasteiger partial charge in [-0.1, -0.05) is 0 Å². The Morgan fingerprint density at radius 2 is 2.20 bits per heavy atom. The summed E-state index contributed by atoms with van der Waals surface area (Å²) in [5, 5.41) is 21.4. The zero-order valence-electron chi connectivity index (χ0n) is 10.3.